The van der Waals surface area contributed by atoms with Crippen LogP contribution in [-0.2, 0) is 6.54 Å². The summed E-state index contributed by atoms with van der Waals surface area (Å²) in [5.41, 5.74) is 0.0334. The van der Waals surface area contributed by atoms with Crippen LogP contribution in [0, 0.1) is 5.41 Å². The van der Waals surface area contributed by atoms with Gasteiger partial charge >= 0.3 is 6.03 Å². The number of nitrogens with zero attached hydrogens (tertiary/aromatic N) is 5. The second kappa shape index (κ2) is 10.6. The minimum atomic E-state index is -1.08. The maximum absolute atomic E-state index is 14.0. The van der Waals surface area contributed by atoms with Crippen LogP contribution in [0.1, 0.15) is 43.7 Å². The van der Waals surface area contributed by atoms with Crippen molar-refractivity contribution in [2.75, 3.05) is 39.0 Å². The van der Waals surface area contributed by atoms with Crippen molar-refractivity contribution >= 4 is 28.7 Å². The number of piperidine rings is 1. The monoisotopic (exact) mass is 548 g/mol. The average Bonchev–Trinajstić information content (AvgIpc) is 3.46. The van der Waals surface area contributed by atoms with Crippen LogP contribution in [0.15, 0.2) is 58.7 Å². The summed E-state index contributed by atoms with van der Waals surface area (Å²) in [6.07, 6.45) is 9.39. The number of pyridine rings is 1. The van der Waals surface area contributed by atoms with Crippen molar-refractivity contribution in [3.63, 3.8) is 0 Å². The molecule has 0 bridgehead atoms. The van der Waals surface area contributed by atoms with E-state index in [0.717, 1.165) is 44.3 Å². The fourth-order valence-electron chi connectivity index (χ4n) is 6.91. The molecule has 2 amide bonds. The Labute approximate surface area is 232 Å². The number of aromatic nitrogens is 3. The number of carbonyl (C=O) groups is 1. The Bertz CT molecular complexity index is 1410. The third-order valence-electron chi connectivity index (χ3n) is 9.09. The first-order valence-corrected chi connectivity index (χ1v) is 15.1. The van der Waals surface area contributed by atoms with Crippen LogP contribution < -0.4 is 10.9 Å². The number of aliphatic hydroxyl groups is 1. The Morgan fingerprint density at radius 3 is 2.72 bits per heavy atom. The number of carbonyl (C=O) groups excluding carboxylic acids is 1. The molecule has 3 aromatic rings. The van der Waals surface area contributed by atoms with Gasteiger partial charge in [-0.25, -0.2) is 14.8 Å². The fourth-order valence-corrected chi connectivity index (χ4v) is 7.26. The number of rotatable bonds is 4. The van der Waals surface area contributed by atoms with Crippen LogP contribution >= 0.6 is 11.8 Å². The number of hydrogen-bond acceptors (Lipinski definition) is 7. The summed E-state index contributed by atoms with van der Waals surface area (Å²) in [6.45, 7) is 3.32. The molecule has 1 saturated carbocycles. The summed E-state index contributed by atoms with van der Waals surface area (Å²) in [6, 6.07) is 12.1. The van der Waals surface area contributed by atoms with E-state index in [2.05, 4.69) is 27.4 Å². The zero-order valence-corrected chi connectivity index (χ0v) is 23.2. The first-order chi connectivity index (χ1) is 18.9. The zero-order chi connectivity index (χ0) is 27.0. The first kappa shape index (κ1) is 26.3. The Hall–Kier alpha value is -2.95. The molecule has 9 nitrogen and oxygen atoms in total. The molecule has 1 aliphatic carbocycles. The maximum Gasteiger partial charge on any atom is 0.320 e. The van der Waals surface area contributed by atoms with Crippen LogP contribution in [-0.4, -0.2) is 80.1 Å². The van der Waals surface area contributed by atoms with Crippen molar-refractivity contribution in [2.45, 2.75) is 55.4 Å². The van der Waals surface area contributed by atoms with Gasteiger partial charge in [-0.15, -0.1) is 0 Å². The molecule has 6 rings (SSSR count). The first-order valence-electron chi connectivity index (χ1n) is 13.9. The quantitative estimate of drug-likeness (QED) is 0.381. The largest absolute Gasteiger partial charge is 0.387 e. The van der Waals surface area contributed by atoms with E-state index in [0.29, 0.717) is 42.1 Å². The summed E-state index contributed by atoms with van der Waals surface area (Å²) in [5.74, 6) is 0. The maximum atomic E-state index is 14.0. The summed E-state index contributed by atoms with van der Waals surface area (Å²) >= 11 is 1.44. The lowest BCUT2D eigenvalue weighted by atomic mass is 9.66. The van der Waals surface area contributed by atoms with Crippen LogP contribution in [0.3, 0.4) is 0 Å². The average molecular weight is 549 g/mol. The molecule has 2 N–H and O–H groups in total. The highest BCUT2D eigenvalue weighted by atomic mass is 32.2. The molecule has 2 aromatic heterocycles. The van der Waals surface area contributed by atoms with E-state index in [1.54, 1.807) is 17.0 Å². The molecule has 4 heterocycles. The van der Waals surface area contributed by atoms with Crippen molar-refractivity contribution in [3.8, 4) is 0 Å². The molecule has 2 saturated heterocycles. The van der Waals surface area contributed by atoms with Gasteiger partial charge in [0.05, 0.1) is 29.1 Å². The summed E-state index contributed by atoms with van der Waals surface area (Å²) in [5, 5.41) is 16.8. The summed E-state index contributed by atoms with van der Waals surface area (Å²) in [4.78, 5) is 40.1. The van der Waals surface area contributed by atoms with E-state index >= 15 is 0 Å². The number of urea groups is 1. The molecule has 206 valence electrons. The third-order valence-corrected chi connectivity index (χ3v) is 9.66. The number of amides is 2. The van der Waals surface area contributed by atoms with Crippen molar-refractivity contribution in [1.29, 1.82) is 0 Å². The normalized spacial score (nSPS) is 24.9. The van der Waals surface area contributed by atoms with Crippen LogP contribution in [0.25, 0.3) is 10.9 Å². The molecule has 1 spiro atoms. The van der Waals surface area contributed by atoms with Gasteiger partial charge in [0.1, 0.15) is 0 Å². The minimum Gasteiger partial charge on any atom is -0.387 e. The van der Waals surface area contributed by atoms with Gasteiger partial charge in [-0.1, -0.05) is 54.9 Å². The lowest BCUT2D eigenvalue weighted by Gasteiger charge is -2.53. The second-order valence-electron chi connectivity index (χ2n) is 11.2. The topological polar surface area (TPSA) is 104 Å². The third kappa shape index (κ3) is 4.72. The smallest absolute Gasteiger partial charge is 0.320 e. The number of thioether (sulfide) groups is 1. The van der Waals surface area contributed by atoms with Crippen molar-refractivity contribution in [2.24, 2.45) is 5.41 Å². The number of hydrogen-bond donors (Lipinski definition) is 2. The fraction of sp³-hybridized carbons (Fsp3) is 0.517. The van der Waals surface area contributed by atoms with Gasteiger partial charge < -0.3 is 24.8 Å². The number of nitrogens with one attached hydrogen (secondary N) is 1. The predicted octanol–water partition coefficient (Wildman–Crippen LogP) is 3.28. The molecular weight excluding hydrogens is 512 g/mol. The number of fused-ring (bicyclic) bond motifs is 1. The van der Waals surface area contributed by atoms with Crippen molar-refractivity contribution in [3.05, 3.63) is 64.7 Å². The Kier molecular flexibility index (Phi) is 7.11. The van der Waals surface area contributed by atoms with Gasteiger partial charge in [-0.3, -0.25) is 4.79 Å². The van der Waals surface area contributed by atoms with Crippen molar-refractivity contribution in [1.82, 2.24) is 29.7 Å². The minimum absolute atomic E-state index is 0.0159. The summed E-state index contributed by atoms with van der Waals surface area (Å²) in [7, 11) is 0. The SMILES string of the molecule is CSc1ncc2c(=O)n(C[C@]3(O)CCN(C(=O)N4CCNC[C@H]4c4ccccc4)CC34CCCC4)ccc2n1. The predicted molar refractivity (Wildman–Crippen MR) is 152 cm³/mol. The van der Waals surface area contributed by atoms with Gasteiger partial charge in [0, 0.05) is 50.5 Å². The summed E-state index contributed by atoms with van der Waals surface area (Å²) < 4.78 is 1.61. The molecule has 0 radical (unpaired) electrons. The molecule has 0 unspecified atom stereocenters. The standard InChI is InChI=1S/C29H36N6O3S/c1-39-26-31-17-22-23(32-26)9-14-33(25(22)36)20-29(38)12-15-34(19-28(29)10-5-6-11-28)27(37)35-16-13-30-18-24(35)21-7-3-2-4-8-21/h2-4,7-9,14,17,24,30,38H,5-6,10-13,15-16,18-20H2,1H3/t24-,29+/m0/s1. The Balaban J connectivity index is 1.26. The van der Waals surface area contributed by atoms with E-state index in [1.165, 1.54) is 11.8 Å². The van der Waals surface area contributed by atoms with Crippen LogP contribution in [0.4, 0.5) is 4.79 Å². The highest BCUT2D eigenvalue weighted by Crippen LogP contribution is 2.51. The Morgan fingerprint density at radius 1 is 1.15 bits per heavy atom. The Morgan fingerprint density at radius 2 is 1.95 bits per heavy atom. The lowest BCUT2D eigenvalue weighted by molar-refractivity contribution is -0.136. The van der Waals surface area contributed by atoms with Gasteiger partial charge in [0.2, 0.25) is 0 Å². The lowest BCUT2D eigenvalue weighted by Crippen LogP contribution is -2.64. The number of likely N-dealkylation sites (tertiary alicyclic amines) is 1. The van der Waals surface area contributed by atoms with Gasteiger partial charge in [-0.05, 0) is 37.1 Å². The van der Waals surface area contributed by atoms with E-state index < -0.39 is 11.0 Å². The molecule has 1 aromatic carbocycles. The molecule has 2 atom stereocenters. The number of benzene rings is 1. The van der Waals surface area contributed by atoms with E-state index in [-0.39, 0.29) is 24.2 Å². The molecule has 3 aliphatic rings. The highest BCUT2D eigenvalue weighted by Gasteiger charge is 2.56. The molecule has 3 fully saturated rings. The second-order valence-corrected chi connectivity index (χ2v) is 12.0. The van der Waals surface area contributed by atoms with Gasteiger partial charge in [0.15, 0.2) is 5.16 Å². The van der Waals surface area contributed by atoms with E-state index in [4.69, 9.17) is 0 Å². The van der Waals surface area contributed by atoms with E-state index in [9.17, 15) is 14.7 Å². The van der Waals surface area contributed by atoms with Gasteiger partial charge in [0.25, 0.3) is 5.56 Å². The molecule has 39 heavy (non-hydrogen) atoms. The van der Waals surface area contributed by atoms with Gasteiger partial charge in [-0.2, -0.15) is 0 Å². The van der Waals surface area contributed by atoms with E-state index in [1.807, 2.05) is 40.3 Å². The zero-order valence-electron chi connectivity index (χ0n) is 22.4. The van der Waals surface area contributed by atoms with Crippen LogP contribution in [0.2, 0.25) is 0 Å². The molecule has 2 aliphatic heterocycles. The van der Waals surface area contributed by atoms with Crippen LogP contribution in [0.5, 0.6) is 0 Å². The molecular formula is C29H36N6O3S. The number of piperazine rings is 1. The highest BCUT2D eigenvalue weighted by molar-refractivity contribution is 7.98. The van der Waals surface area contributed by atoms with Crippen molar-refractivity contribution < 1.29 is 9.90 Å². The molecule has 10 heteroatoms.